The van der Waals surface area contributed by atoms with Gasteiger partial charge in [-0.3, -0.25) is 9.69 Å². The van der Waals surface area contributed by atoms with Gasteiger partial charge in [-0.15, -0.1) is 0 Å². The van der Waals surface area contributed by atoms with Gasteiger partial charge in [-0.1, -0.05) is 79.9 Å². The lowest BCUT2D eigenvalue weighted by Crippen LogP contribution is -2.47. The van der Waals surface area contributed by atoms with Crippen molar-refractivity contribution < 1.29 is 9.18 Å². The molecule has 1 amide bonds. The van der Waals surface area contributed by atoms with Gasteiger partial charge in [-0.2, -0.15) is 0 Å². The van der Waals surface area contributed by atoms with Crippen molar-refractivity contribution in [2.24, 2.45) is 0 Å². The Morgan fingerprint density at radius 3 is 2.08 bits per heavy atom. The molecular formula is C33H38FN3O. The Morgan fingerprint density at radius 1 is 0.816 bits per heavy atom. The number of carbonyl (C=O) groups is 1. The van der Waals surface area contributed by atoms with Crippen molar-refractivity contribution >= 4 is 11.6 Å². The van der Waals surface area contributed by atoms with E-state index >= 15 is 4.39 Å². The lowest BCUT2D eigenvalue weighted by Gasteiger charge is -2.37. The second-order valence-corrected chi connectivity index (χ2v) is 11.2. The van der Waals surface area contributed by atoms with Gasteiger partial charge in [0.2, 0.25) is 0 Å². The Labute approximate surface area is 226 Å². The van der Waals surface area contributed by atoms with Crippen LogP contribution in [0.1, 0.15) is 71.5 Å². The predicted molar refractivity (Wildman–Crippen MR) is 151 cm³/mol. The molecule has 2 heterocycles. The molecule has 198 valence electrons. The number of nitrogens with zero attached hydrogens (tertiary/aromatic N) is 3. The van der Waals surface area contributed by atoms with Gasteiger partial charge in [0.1, 0.15) is 5.82 Å². The minimum Gasteiger partial charge on any atom is -0.369 e. The highest BCUT2D eigenvalue weighted by Gasteiger charge is 2.36. The van der Waals surface area contributed by atoms with E-state index in [2.05, 4.69) is 70.5 Å². The second kappa shape index (κ2) is 11.3. The van der Waals surface area contributed by atoms with Crippen LogP contribution in [0.3, 0.4) is 0 Å². The highest BCUT2D eigenvalue weighted by atomic mass is 19.1. The van der Waals surface area contributed by atoms with E-state index in [-0.39, 0.29) is 17.8 Å². The zero-order valence-electron chi connectivity index (χ0n) is 22.2. The fourth-order valence-corrected chi connectivity index (χ4v) is 6.68. The van der Waals surface area contributed by atoms with Crippen LogP contribution >= 0.6 is 0 Å². The molecule has 0 aromatic heterocycles. The molecular weight excluding hydrogens is 473 g/mol. The first-order valence-electron chi connectivity index (χ1n) is 14.4. The van der Waals surface area contributed by atoms with Crippen LogP contribution < -0.4 is 4.90 Å². The topological polar surface area (TPSA) is 26.8 Å². The maximum atomic E-state index is 15.2. The molecule has 0 radical (unpaired) electrons. The van der Waals surface area contributed by atoms with E-state index in [9.17, 15) is 4.79 Å². The van der Waals surface area contributed by atoms with Crippen molar-refractivity contribution in [1.29, 1.82) is 0 Å². The molecule has 1 saturated carbocycles. The molecule has 5 heteroatoms. The SMILES string of the molecule is O=C1c2cc(N3CCN(CCC(c4ccccc4)c4ccccc4)CC3)cc(F)c2CN1C1CCCCC1. The van der Waals surface area contributed by atoms with Crippen molar-refractivity contribution in [2.45, 2.75) is 57.0 Å². The van der Waals surface area contributed by atoms with Crippen LogP contribution in [-0.4, -0.2) is 54.5 Å². The lowest BCUT2D eigenvalue weighted by molar-refractivity contribution is 0.0659. The molecule has 1 saturated heterocycles. The van der Waals surface area contributed by atoms with E-state index in [4.69, 9.17) is 0 Å². The van der Waals surface area contributed by atoms with Gasteiger partial charge < -0.3 is 9.80 Å². The summed E-state index contributed by atoms with van der Waals surface area (Å²) >= 11 is 0. The Kier molecular flexibility index (Phi) is 7.46. The summed E-state index contributed by atoms with van der Waals surface area (Å²) in [4.78, 5) is 20.0. The van der Waals surface area contributed by atoms with Crippen LogP contribution in [0.2, 0.25) is 0 Å². The highest BCUT2D eigenvalue weighted by molar-refractivity contribution is 5.99. The van der Waals surface area contributed by atoms with Crippen molar-refractivity contribution in [3.05, 3.63) is 101 Å². The van der Waals surface area contributed by atoms with E-state index in [0.717, 1.165) is 57.7 Å². The smallest absolute Gasteiger partial charge is 0.254 e. The summed E-state index contributed by atoms with van der Waals surface area (Å²) in [7, 11) is 0. The van der Waals surface area contributed by atoms with Crippen molar-refractivity contribution in [1.82, 2.24) is 9.80 Å². The van der Waals surface area contributed by atoms with E-state index in [1.54, 1.807) is 6.07 Å². The van der Waals surface area contributed by atoms with Gasteiger partial charge in [0.15, 0.2) is 0 Å². The average Bonchev–Trinajstić information content (AvgIpc) is 3.32. The number of rotatable bonds is 7. The largest absolute Gasteiger partial charge is 0.369 e. The van der Waals surface area contributed by atoms with Gasteiger partial charge in [0.25, 0.3) is 5.91 Å². The van der Waals surface area contributed by atoms with Crippen molar-refractivity contribution in [3.8, 4) is 0 Å². The minimum atomic E-state index is -0.222. The number of anilines is 1. The molecule has 6 rings (SSSR count). The molecule has 0 unspecified atom stereocenters. The first-order chi connectivity index (χ1) is 18.7. The first-order valence-corrected chi connectivity index (χ1v) is 14.4. The molecule has 2 fully saturated rings. The molecule has 3 aromatic rings. The quantitative estimate of drug-likeness (QED) is 0.364. The van der Waals surface area contributed by atoms with Crippen LogP contribution in [0.15, 0.2) is 72.8 Å². The standard InChI is InChI=1S/C33H38FN3O/c34-32-23-28(22-30-31(32)24-37(33(30)38)27-14-8-3-9-15-27)36-20-18-35(19-21-36)17-16-29(25-10-4-1-5-11-25)26-12-6-2-7-13-26/h1-2,4-7,10-13,22-23,27,29H,3,8-9,14-21,24H2. The molecule has 38 heavy (non-hydrogen) atoms. The summed E-state index contributed by atoms with van der Waals surface area (Å²) < 4.78 is 15.2. The summed E-state index contributed by atoms with van der Waals surface area (Å²) in [6.07, 6.45) is 6.74. The zero-order chi connectivity index (χ0) is 25.9. The van der Waals surface area contributed by atoms with E-state index in [1.165, 1.54) is 30.4 Å². The maximum absolute atomic E-state index is 15.2. The number of hydrogen-bond acceptors (Lipinski definition) is 3. The van der Waals surface area contributed by atoms with Gasteiger partial charge in [0.05, 0.1) is 0 Å². The third-order valence-corrected chi connectivity index (χ3v) is 8.89. The van der Waals surface area contributed by atoms with Crippen LogP contribution in [0.5, 0.6) is 0 Å². The number of benzene rings is 3. The van der Waals surface area contributed by atoms with E-state index in [1.807, 2.05) is 11.0 Å². The highest BCUT2D eigenvalue weighted by Crippen LogP contribution is 2.35. The normalized spacial score (nSPS) is 18.8. The zero-order valence-corrected chi connectivity index (χ0v) is 22.2. The van der Waals surface area contributed by atoms with Crippen LogP contribution in [0, 0.1) is 5.82 Å². The summed E-state index contributed by atoms with van der Waals surface area (Å²) in [5, 5.41) is 0. The fourth-order valence-electron chi connectivity index (χ4n) is 6.68. The molecule has 2 aliphatic heterocycles. The minimum absolute atomic E-state index is 0.0270. The number of carbonyl (C=O) groups excluding carboxylic acids is 1. The third kappa shape index (κ3) is 5.22. The number of amides is 1. The molecule has 1 aliphatic carbocycles. The van der Waals surface area contributed by atoms with Crippen LogP contribution in [0.4, 0.5) is 10.1 Å². The summed E-state index contributed by atoms with van der Waals surface area (Å²) in [6, 6.07) is 25.5. The molecule has 0 N–H and O–H groups in total. The number of hydrogen-bond donors (Lipinski definition) is 0. The van der Waals surface area contributed by atoms with Crippen LogP contribution in [0.25, 0.3) is 0 Å². The van der Waals surface area contributed by atoms with Crippen molar-refractivity contribution in [3.63, 3.8) is 0 Å². The van der Waals surface area contributed by atoms with Gasteiger partial charge in [-0.25, -0.2) is 4.39 Å². The van der Waals surface area contributed by atoms with E-state index < -0.39 is 0 Å². The molecule has 0 bridgehead atoms. The van der Waals surface area contributed by atoms with Gasteiger partial charge in [0, 0.05) is 61.5 Å². The fraction of sp³-hybridized carbons (Fsp3) is 0.424. The Hall–Kier alpha value is -3.18. The summed E-state index contributed by atoms with van der Waals surface area (Å²) in [6.45, 7) is 5.03. The van der Waals surface area contributed by atoms with E-state index in [0.29, 0.717) is 23.6 Å². The number of halogens is 1. The van der Waals surface area contributed by atoms with Crippen LogP contribution in [-0.2, 0) is 6.54 Å². The van der Waals surface area contributed by atoms with Gasteiger partial charge >= 0.3 is 0 Å². The molecule has 0 spiro atoms. The number of fused-ring (bicyclic) bond motifs is 1. The Bertz CT molecular complexity index is 1190. The monoisotopic (exact) mass is 511 g/mol. The summed E-state index contributed by atoms with van der Waals surface area (Å²) in [5.41, 5.74) is 4.75. The summed E-state index contributed by atoms with van der Waals surface area (Å²) in [5.74, 6) is 0.179. The maximum Gasteiger partial charge on any atom is 0.254 e. The predicted octanol–water partition coefficient (Wildman–Crippen LogP) is 6.46. The molecule has 3 aliphatic rings. The Morgan fingerprint density at radius 2 is 1.45 bits per heavy atom. The first kappa shape index (κ1) is 25.1. The Balaban J connectivity index is 1.09. The molecule has 0 atom stereocenters. The lowest BCUT2D eigenvalue weighted by atomic mass is 9.88. The molecule has 4 nitrogen and oxygen atoms in total. The second-order valence-electron chi connectivity index (χ2n) is 11.2. The van der Waals surface area contributed by atoms with Crippen molar-refractivity contribution in [2.75, 3.05) is 37.6 Å². The molecule has 3 aromatic carbocycles. The van der Waals surface area contributed by atoms with Gasteiger partial charge in [-0.05, 0) is 49.1 Å². The number of piperazine rings is 1. The third-order valence-electron chi connectivity index (χ3n) is 8.89. The average molecular weight is 512 g/mol.